The lowest BCUT2D eigenvalue weighted by Crippen LogP contribution is -2.07. The highest BCUT2D eigenvalue weighted by atomic mass is 16.1. The molecule has 110 valence electrons. The molecule has 0 aliphatic carbocycles. The van der Waals surface area contributed by atoms with Crippen molar-refractivity contribution < 1.29 is 0 Å². The first kappa shape index (κ1) is 16.1. The lowest BCUT2D eigenvalue weighted by Gasteiger charge is -2.03. The van der Waals surface area contributed by atoms with Crippen molar-refractivity contribution >= 4 is 0 Å². The summed E-state index contributed by atoms with van der Waals surface area (Å²) >= 11 is 0. The Bertz CT molecular complexity index is 378. The summed E-state index contributed by atoms with van der Waals surface area (Å²) in [6.07, 6.45) is 13.2. The zero-order chi connectivity index (χ0) is 13.9. The Labute approximate surface area is 117 Å². The van der Waals surface area contributed by atoms with Gasteiger partial charge in [-0.2, -0.15) is 0 Å². The van der Waals surface area contributed by atoms with Gasteiger partial charge in [0.1, 0.15) is 0 Å². The van der Waals surface area contributed by atoms with Gasteiger partial charge < -0.3 is 5.10 Å². The third-order valence-electron chi connectivity index (χ3n) is 3.78. The van der Waals surface area contributed by atoms with E-state index in [9.17, 15) is 4.79 Å². The lowest BCUT2D eigenvalue weighted by atomic mass is 10.0. The number of hydrogen-bond acceptors (Lipinski definition) is 1. The second-order valence-electron chi connectivity index (χ2n) is 5.51. The number of hydrogen-bond donors (Lipinski definition) is 2. The van der Waals surface area contributed by atoms with Gasteiger partial charge in [-0.3, -0.25) is 9.89 Å². The van der Waals surface area contributed by atoms with Crippen LogP contribution in [0.4, 0.5) is 0 Å². The molecule has 1 aromatic rings. The van der Waals surface area contributed by atoms with E-state index in [1.807, 2.05) is 0 Å². The van der Waals surface area contributed by atoms with E-state index in [0.717, 1.165) is 30.5 Å². The number of aromatic amines is 2. The number of H-pyrrole nitrogens is 2. The van der Waals surface area contributed by atoms with E-state index in [4.69, 9.17) is 0 Å². The molecule has 0 amide bonds. The molecular formula is C16H30N2O. The van der Waals surface area contributed by atoms with Crippen molar-refractivity contribution in [3.63, 3.8) is 0 Å². The fourth-order valence-corrected chi connectivity index (χ4v) is 2.53. The van der Waals surface area contributed by atoms with Crippen LogP contribution in [0.3, 0.4) is 0 Å². The van der Waals surface area contributed by atoms with Gasteiger partial charge in [0, 0.05) is 11.3 Å². The smallest absolute Gasteiger partial charge is 0.267 e. The summed E-state index contributed by atoms with van der Waals surface area (Å²) in [5, 5.41) is 5.82. The van der Waals surface area contributed by atoms with E-state index in [-0.39, 0.29) is 5.56 Å². The average molecular weight is 266 g/mol. The maximum atomic E-state index is 11.8. The van der Waals surface area contributed by atoms with E-state index in [1.54, 1.807) is 0 Å². The molecule has 1 aromatic heterocycles. The summed E-state index contributed by atoms with van der Waals surface area (Å²) in [4.78, 5) is 11.8. The predicted molar refractivity (Wildman–Crippen MR) is 81.7 cm³/mol. The van der Waals surface area contributed by atoms with E-state index in [2.05, 4.69) is 24.0 Å². The van der Waals surface area contributed by atoms with Crippen molar-refractivity contribution in [2.45, 2.75) is 84.5 Å². The summed E-state index contributed by atoms with van der Waals surface area (Å²) in [7, 11) is 0. The summed E-state index contributed by atoms with van der Waals surface area (Å²) in [5.74, 6) is 0. The second-order valence-corrected chi connectivity index (χ2v) is 5.51. The molecule has 0 spiro atoms. The average Bonchev–Trinajstić information content (AvgIpc) is 2.76. The molecule has 0 unspecified atom stereocenters. The standard InChI is InChI=1S/C16H30N2O/c1-3-5-7-9-11-13-15-14(16(19)18-17-15)12-10-8-6-4-2/h3-13H2,1-2H3,(H2,17,18,19). The van der Waals surface area contributed by atoms with Crippen molar-refractivity contribution in [3.05, 3.63) is 21.6 Å². The molecule has 0 aromatic carbocycles. The van der Waals surface area contributed by atoms with Crippen LogP contribution in [0.25, 0.3) is 0 Å². The number of unbranched alkanes of at least 4 members (excludes halogenated alkanes) is 7. The Morgan fingerprint density at radius 2 is 1.32 bits per heavy atom. The van der Waals surface area contributed by atoms with E-state index < -0.39 is 0 Å². The van der Waals surface area contributed by atoms with Crippen molar-refractivity contribution in [2.75, 3.05) is 0 Å². The Morgan fingerprint density at radius 1 is 0.737 bits per heavy atom. The first-order valence-electron chi connectivity index (χ1n) is 8.08. The maximum Gasteiger partial charge on any atom is 0.267 e. The van der Waals surface area contributed by atoms with Crippen molar-refractivity contribution in [1.29, 1.82) is 0 Å². The Kier molecular flexibility index (Phi) is 8.35. The molecule has 2 N–H and O–H groups in total. The number of aryl methyl sites for hydroxylation is 1. The Morgan fingerprint density at radius 3 is 2.00 bits per heavy atom. The van der Waals surface area contributed by atoms with Gasteiger partial charge >= 0.3 is 0 Å². The quantitative estimate of drug-likeness (QED) is 0.575. The molecule has 0 saturated heterocycles. The molecule has 1 rings (SSSR count). The molecule has 3 nitrogen and oxygen atoms in total. The molecule has 0 fully saturated rings. The van der Waals surface area contributed by atoms with Gasteiger partial charge in [-0.1, -0.05) is 58.8 Å². The van der Waals surface area contributed by atoms with Crippen LogP contribution in [0.5, 0.6) is 0 Å². The summed E-state index contributed by atoms with van der Waals surface area (Å²) in [6, 6.07) is 0. The molecule has 3 heteroatoms. The summed E-state index contributed by atoms with van der Waals surface area (Å²) in [6.45, 7) is 4.45. The Balaban J connectivity index is 2.34. The van der Waals surface area contributed by atoms with Crippen LogP contribution in [-0.4, -0.2) is 10.2 Å². The molecule has 0 aliphatic heterocycles. The normalized spacial score (nSPS) is 11.1. The highest BCUT2D eigenvalue weighted by molar-refractivity contribution is 5.16. The van der Waals surface area contributed by atoms with Crippen LogP contribution in [0.2, 0.25) is 0 Å². The zero-order valence-electron chi connectivity index (χ0n) is 12.7. The van der Waals surface area contributed by atoms with Gasteiger partial charge in [-0.25, -0.2) is 0 Å². The van der Waals surface area contributed by atoms with Gasteiger partial charge in [0.2, 0.25) is 0 Å². The lowest BCUT2D eigenvalue weighted by molar-refractivity contribution is 0.623. The molecule has 0 atom stereocenters. The minimum absolute atomic E-state index is 0.0973. The third kappa shape index (κ3) is 6.13. The van der Waals surface area contributed by atoms with Crippen LogP contribution in [0, 0.1) is 0 Å². The van der Waals surface area contributed by atoms with Gasteiger partial charge in [-0.05, 0) is 25.7 Å². The molecule has 0 radical (unpaired) electrons. The summed E-state index contributed by atoms with van der Waals surface area (Å²) in [5.41, 5.74) is 2.25. The van der Waals surface area contributed by atoms with E-state index >= 15 is 0 Å². The predicted octanol–water partition coefficient (Wildman–Crippen LogP) is 4.34. The second kappa shape index (κ2) is 9.88. The minimum Gasteiger partial charge on any atom is -0.302 e. The largest absolute Gasteiger partial charge is 0.302 e. The highest BCUT2D eigenvalue weighted by Gasteiger charge is 2.08. The Hall–Kier alpha value is -0.990. The van der Waals surface area contributed by atoms with Crippen molar-refractivity contribution in [3.8, 4) is 0 Å². The minimum atomic E-state index is 0.0973. The van der Waals surface area contributed by atoms with Crippen molar-refractivity contribution in [2.24, 2.45) is 0 Å². The fourth-order valence-electron chi connectivity index (χ4n) is 2.53. The van der Waals surface area contributed by atoms with Crippen molar-refractivity contribution in [1.82, 2.24) is 10.2 Å². The van der Waals surface area contributed by atoms with Crippen LogP contribution in [-0.2, 0) is 12.8 Å². The number of nitrogens with one attached hydrogen (secondary N) is 2. The van der Waals surface area contributed by atoms with Gasteiger partial charge in [-0.15, -0.1) is 0 Å². The third-order valence-corrected chi connectivity index (χ3v) is 3.78. The molecule has 1 heterocycles. The topological polar surface area (TPSA) is 48.6 Å². The van der Waals surface area contributed by atoms with Crippen LogP contribution >= 0.6 is 0 Å². The SMILES string of the molecule is CCCCCCCc1[nH][nH]c(=O)c1CCCCCC. The van der Waals surface area contributed by atoms with E-state index in [1.165, 1.54) is 51.4 Å². The van der Waals surface area contributed by atoms with Crippen LogP contribution < -0.4 is 5.56 Å². The van der Waals surface area contributed by atoms with Crippen LogP contribution in [0.15, 0.2) is 4.79 Å². The summed E-state index contributed by atoms with van der Waals surface area (Å²) < 4.78 is 0. The number of rotatable bonds is 11. The van der Waals surface area contributed by atoms with Gasteiger partial charge in [0.25, 0.3) is 5.56 Å². The molecule has 0 aliphatic rings. The van der Waals surface area contributed by atoms with Gasteiger partial charge in [0.05, 0.1) is 0 Å². The maximum absolute atomic E-state index is 11.8. The van der Waals surface area contributed by atoms with Crippen LogP contribution in [0.1, 0.15) is 82.9 Å². The molecule has 0 saturated carbocycles. The highest BCUT2D eigenvalue weighted by Crippen LogP contribution is 2.12. The zero-order valence-corrected chi connectivity index (χ0v) is 12.7. The first-order valence-corrected chi connectivity index (χ1v) is 8.08. The van der Waals surface area contributed by atoms with E-state index in [0.29, 0.717) is 0 Å². The first-order chi connectivity index (χ1) is 9.29. The molecular weight excluding hydrogens is 236 g/mol. The fraction of sp³-hybridized carbons (Fsp3) is 0.812. The number of aromatic nitrogens is 2. The monoisotopic (exact) mass is 266 g/mol. The molecule has 0 bridgehead atoms. The van der Waals surface area contributed by atoms with Gasteiger partial charge in [0.15, 0.2) is 0 Å². The molecule has 19 heavy (non-hydrogen) atoms.